The summed E-state index contributed by atoms with van der Waals surface area (Å²) in [6.07, 6.45) is 0. The Bertz CT molecular complexity index is 3600. The molecular weight excluding hydrogens is 757 g/mol. The standard InChI is InChI=1S/C57H36N4O/c1-5-15-37(16-6-1)38-27-29-41(30-28-38)56-58-55(40-19-9-3-10-20-40)59-57(60-56)48-26-14-25-47-50-36-43(32-34-52(50)62-54(47)48)42-31-33-51-49(35-42)46-24-13-23-45(39-17-7-2-8-18-39)53(46)61(51)44-21-11-4-12-22-44/h1-36H. The minimum absolute atomic E-state index is 0.556. The summed E-state index contributed by atoms with van der Waals surface area (Å²) in [6, 6.07) is 76.4. The Labute approximate surface area is 357 Å². The molecule has 290 valence electrons. The maximum atomic E-state index is 6.72. The highest BCUT2D eigenvalue weighted by Crippen LogP contribution is 2.42. The number of aromatic nitrogens is 4. The molecule has 0 saturated heterocycles. The summed E-state index contributed by atoms with van der Waals surface area (Å²) in [5.41, 5.74) is 14.6. The first-order valence-electron chi connectivity index (χ1n) is 20.8. The number of rotatable bonds is 7. The second-order valence-corrected chi connectivity index (χ2v) is 15.6. The molecule has 62 heavy (non-hydrogen) atoms. The van der Waals surface area contributed by atoms with Crippen molar-refractivity contribution >= 4 is 43.7 Å². The van der Waals surface area contributed by atoms with Gasteiger partial charge in [-0.1, -0.05) is 176 Å². The molecule has 0 fully saturated rings. The molecule has 5 nitrogen and oxygen atoms in total. The van der Waals surface area contributed by atoms with Crippen LogP contribution in [0.5, 0.6) is 0 Å². The van der Waals surface area contributed by atoms with Crippen LogP contribution in [-0.2, 0) is 0 Å². The zero-order chi connectivity index (χ0) is 41.0. The van der Waals surface area contributed by atoms with Crippen LogP contribution in [0.3, 0.4) is 0 Å². The van der Waals surface area contributed by atoms with Crippen LogP contribution in [0.4, 0.5) is 0 Å². The van der Waals surface area contributed by atoms with Gasteiger partial charge in [0.25, 0.3) is 0 Å². The molecule has 0 bridgehead atoms. The fourth-order valence-electron chi connectivity index (χ4n) is 8.88. The van der Waals surface area contributed by atoms with Crippen LogP contribution in [0.2, 0.25) is 0 Å². The highest BCUT2D eigenvalue weighted by molar-refractivity contribution is 6.15. The topological polar surface area (TPSA) is 56.7 Å². The van der Waals surface area contributed by atoms with Crippen LogP contribution >= 0.6 is 0 Å². The average Bonchev–Trinajstić information content (AvgIpc) is 3.90. The van der Waals surface area contributed by atoms with E-state index in [1.165, 1.54) is 27.4 Å². The van der Waals surface area contributed by atoms with E-state index in [2.05, 4.69) is 180 Å². The third kappa shape index (κ3) is 6.06. The molecule has 0 aliphatic heterocycles. The molecule has 9 aromatic carbocycles. The number of nitrogens with zero attached hydrogens (tertiary/aromatic N) is 4. The molecule has 0 unspecified atom stereocenters. The third-order valence-electron chi connectivity index (χ3n) is 11.9. The molecule has 0 radical (unpaired) electrons. The van der Waals surface area contributed by atoms with E-state index >= 15 is 0 Å². The highest BCUT2D eigenvalue weighted by atomic mass is 16.3. The van der Waals surface area contributed by atoms with Gasteiger partial charge in [-0.25, -0.2) is 15.0 Å². The predicted octanol–water partition coefficient (Wildman–Crippen LogP) is 14.9. The van der Waals surface area contributed by atoms with E-state index in [1.54, 1.807) is 0 Å². The summed E-state index contributed by atoms with van der Waals surface area (Å²) >= 11 is 0. The first-order valence-corrected chi connectivity index (χ1v) is 20.8. The molecule has 5 heteroatoms. The van der Waals surface area contributed by atoms with Crippen LogP contribution in [0, 0.1) is 0 Å². The molecule has 3 aromatic heterocycles. The van der Waals surface area contributed by atoms with Crippen molar-refractivity contribution < 1.29 is 4.42 Å². The van der Waals surface area contributed by atoms with E-state index in [4.69, 9.17) is 19.4 Å². The van der Waals surface area contributed by atoms with E-state index in [1.807, 2.05) is 42.5 Å². The van der Waals surface area contributed by atoms with Crippen LogP contribution in [0.15, 0.2) is 223 Å². The Kier molecular flexibility index (Phi) is 8.42. The first-order chi connectivity index (χ1) is 30.7. The number of hydrogen-bond acceptors (Lipinski definition) is 4. The van der Waals surface area contributed by atoms with Crippen LogP contribution in [-0.4, -0.2) is 19.5 Å². The monoisotopic (exact) mass is 792 g/mol. The Balaban J connectivity index is 0.985. The van der Waals surface area contributed by atoms with E-state index in [0.29, 0.717) is 17.5 Å². The van der Waals surface area contributed by atoms with Crippen molar-refractivity contribution in [3.8, 4) is 73.2 Å². The van der Waals surface area contributed by atoms with E-state index in [-0.39, 0.29) is 0 Å². The lowest BCUT2D eigenvalue weighted by Crippen LogP contribution is -2.00. The maximum absolute atomic E-state index is 6.72. The van der Waals surface area contributed by atoms with Crippen molar-refractivity contribution in [3.05, 3.63) is 218 Å². The number of benzene rings is 9. The summed E-state index contributed by atoms with van der Waals surface area (Å²) in [5.74, 6) is 1.76. The van der Waals surface area contributed by atoms with Crippen molar-refractivity contribution in [2.45, 2.75) is 0 Å². The largest absolute Gasteiger partial charge is 0.455 e. The lowest BCUT2D eigenvalue weighted by atomic mass is 9.99. The number of furan rings is 1. The zero-order valence-corrected chi connectivity index (χ0v) is 33.5. The molecule has 0 spiro atoms. The smallest absolute Gasteiger partial charge is 0.167 e. The summed E-state index contributed by atoms with van der Waals surface area (Å²) in [4.78, 5) is 15.2. The fourth-order valence-corrected chi connectivity index (χ4v) is 8.88. The molecule has 12 rings (SSSR count). The summed E-state index contributed by atoms with van der Waals surface area (Å²) in [7, 11) is 0. The van der Waals surface area contributed by atoms with Gasteiger partial charge in [-0.2, -0.15) is 0 Å². The van der Waals surface area contributed by atoms with E-state index in [9.17, 15) is 0 Å². The van der Waals surface area contributed by atoms with Gasteiger partial charge < -0.3 is 8.98 Å². The van der Waals surface area contributed by atoms with Crippen LogP contribution < -0.4 is 0 Å². The molecule has 0 aliphatic carbocycles. The minimum Gasteiger partial charge on any atom is -0.455 e. The van der Waals surface area contributed by atoms with E-state index < -0.39 is 0 Å². The van der Waals surface area contributed by atoms with Crippen molar-refractivity contribution in [2.24, 2.45) is 0 Å². The molecule has 12 aromatic rings. The molecule has 0 N–H and O–H groups in total. The van der Waals surface area contributed by atoms with Crippen molar-refractivity contribution in [2.75, 3.05) is 0 Å². The quantitative estimate of drug-likeness (QED) is 0.161. The maximum Gasteiger partial charge on any atom is 0.167 e. The van der Waals surface area contributed by atoms with Gasteiger partial charge in [0.15, 0.2) is 17.5 Å². The number of fused-ring (bicyclic) bond motifs is 6. The van der Waals surface area contributed by atoms with Crippen molar-refractivity contribution in [1.82, 2.24) is 19.5 Å². The third-order valence-corrected chi connectivity index (χ3v) is 11.9. The molecule has 0 aliphatic rings. The average molecular weight is 793 g/mol. The summed E-state index contributed by atoms with van der Waals surface area (Å²) in [5, 5.41) is 4.45. The van der Waals surface area contributed by atoms with Gasteiger partial charge in [-0.15, -0.1) is 0 Å². The molecule has 3 heterocycles. The van der Waals surface area contributed by atoms with Crippen LogP contribution in [0.25, 0.3) is 117 Å². The number of hydrogen-bond donors (Lipinski definition) is 0. The lowest BCUT2D eigenvalue weighted by Gasteiger charge is -2.11. The molecular formula is C57H36N4O. The van der Waals surface area contributed by atoms with Gasteiger partial charge in [0.2, 0.25) is 0 Å². The summed E-state index contributed by atoms with van der Waals surface area (Å²) < 4.78 is 9.12. The number of para-hydroxylation sites is 3. The Morgan fingerprint density at radius 2 is 0.823 bits per heavy atom. The second kappa shape index (κ2) is 14.7. The Hall–Kier alpha value is -8.41. The van der Waals surface area contributed by atoms with Crippen molar-refractivity contribution in [1.29, 1.82) is 0 Å². The van der Waals surface area contributed by atoms with Crippen molar-refractivity contribution in [3.63, 3.8) is 0 Å². The Morgan fingerprint density at radius 1 is 0.323 bits per heavy atom. The van der Waals surface area contributed by atoms with Gasteiger partial charge in [-0.3, -0.25) is 0 Å². The minimum atomic E-state index is 0.556. The second-order valence-electron chi connectivity index (χ2n) is 15.6. The SMILES string of the molecule is c1ccc(-c2ccc(-c3nc(-c4ccccc4)nc(-c4cccc5c4oc4ccc(-c6ccc7c(c6)c6cccc(-c8ccccc8)c6n7-c6ccccc6)cc45)n3)cc2)cc1. The van der Waals surface area contributed by atoms with Gasteiger partial charge in [0.05, 0.1) is 16.6 Å². The molecule has 0 saturated carbocycles. The van der Waals surface area contributed by atoms with Gasteiger partial charge in [0.1, 0.15) is 11.2 Å². The van der Waals surface area contributed by atoms with Gasteiger partial charge in [0, 0.05) is 43.9 Å². The highest BCUT2D eigenvalue weighted by Gasteiger charge is 2.20. The normalized spacial score (nSPS) is 11.5. The fraction of sp³-hybridized carbons (Fsp3) is 0. The predicted molar refractivity (Wildman–Crippen MR) is 254 cm³/mol. The molecule has 0 atom stereocenters. The lowest BCUT2D eigenvalue weighted by molar-refractivity contribution is 0.669. The zero-order valence-electron chi connectivity index (χ0n) is 33.5. The van der Waals surface area contributed by atoms with Gasteiger partial charge >= 0.3 is 0 Å². The first kappa shape index (κ1) is 35.5. The molecule has 0 amide bonds. The Morgan fingerprint density at radius 3 is 1.52 bits per heavy atom. The van der Waals surface area contributed by atoms with E-state index in [0.717, 1.165) is 72.1 Å². The van der Waals surface area contributed by atoms with Crippen LogP contribution in [0.1, 0.15) is 0 Å². The van der Waals surface area contributed by atoms with Gasteiger partial charge in [-0.05, 0) is 70.3 Å². The summed E-state index contributed by atoms with van der Waals surface area (Å²) in [6.45, 7) is 0.